The molecule has 0 saturated carbocycles. The van der Waals surface area contributed by atoms with Crippen LogP contribution in [0, 0.1) is 6.92 Å². The van der Waals surface area contributed by atoms with E-state index >= 15 is 0 Å². The van der Waals surface area contributed by atoms with Crippen molar-refractivity contribution in [3.8, 4) is 0 Å². The van der Waals surface area contributed by atoms with Crippen LogP contribution in [0.1, 0.15) is 11.4 Å². The highest BCUT2D eigenvalue weighted by atomic mass is 79.9. The van der Waals surface area contributed by atoms with Crippen LogP contribution in [0.3, 0.4) is 0 Å². The van der Waals surface area contributed by atoms with Gasteiger partial charge in [0, 0.05) is 6.20 Å². The van der Waals surface area contributed by atoms with E-state index < -0.39 is 0 Å². The number of hydrogen-bond acceptors (Lipinski definition) is 4. The van der Waals surface area contributed by atoms with Crippen molar-refractivity contribution >= 4 is 21.7 Å². The van der Waals surface area contributed by atoms with E-state index in [-0.39, 0.29) is 0 Å². The molecule has 0 aliphatic rings. The van der Waals surface area contributed by atoms with Crippen molar-refractivity contribution in [2.45, 2.75) is 13.5 Å². The molecule has 0 unspecified atom stereocenters. The van der Waals surface area contributed by atoms with Crippen LogP contribution in [0.2, 0.25) is 0 Å². The van der Waals surface area contributed by atoms with Gasteiger partial charge in [-0.05, 0) is 28.9 Å². The summed E-state index contributed by atoms with van der Waals surface area (Å²) in [5.74, 6) is 0.617. The van der Waals surface area contributed by atoms with Gasteiger partial charge in [-0.15, -0.1) is 0 Å². The van der Waals surface area contributed by atoms with E-state index in [1.165, 1.54) is 6.33 Å². The number of nitrogens with two attached hydrogens (primary N) is 1. The van der Waals surface area contributed by atoms with Gasteiger partial charge in [-0.3, -0.25) is 0 Å². The lowest BCUT2D eigenvalue weighted by atomic mass is 10.4. The summed E-state index contributed by atoms with van der Waals surface area (Å²) >= 11 is 3.37. The Bertz CT molecular complexity index is 465. The first-order valence-electron chi connectivity index (χ1n) is 4.41. The highest BCUT2D eigenvalue weighted by Crippen LogP contribution is 2.23. The summed E-state index contributed by atoms with van der Waals surface area (Å²) in [6.45, 7) is 2.46. The summed E-state index contributed by atoms with van der Waals surface area (Å²) in [5.41, 5.74) is 7.62. The van der Waals surface area contributed by atoms with E-state index in [0.717, 1.165) is 15.9 Å². The molecule has 2 heterocycles. The minimum Gasteiger partial charge on any atom is -0.383 e. The second-order valence-corrected chi connectivity index (χ2v) is 3.94. The van der Waals surface area contributed by atoms with Crippen molar-refractivity contribution in [1.29, 1.82) is 0 Å². The van der Waals surface area contributed by atoms with E-state index in [2.05, 4.69) is 31.0 Å². The third kappa shape index (κ3) is 1.99. The molecule has 2 aromatic heterocycles. The molecule has 0 aliphatic heterocycles. The molecule has 0 aliphatic carbocycles. The van der Waals surface area contributed by atoms with E-state index in [1.807, 2.05) is 13.0 Å². The van der Waals surface area contributed by atoms with E-state index in [1.54, 1.807) is 10.9 Å². The largest absolute Gasteiger partial charge is 0.383 e. The Labute approximate surface area is 95.5 Å². The fraction of sp³-hybridized carbons (Fsp3) is 0.222. The SMILES string of the molecule is Cc1nn(Cc2ccncn2)c(N)c1Br. The van der Waals surface area contributed by atoms with Crippen molar-refractivity contribution in [3.63, 3.8) is 0 Å². The first-order chi connectivity index (χ1) is 7.18. The Kier molecular flexibility index (Phi) is 2.68. The lowest BCUT2D eigenvalue weighted by Gasteiger charge is -2.02. The van der Waals surface area contributed by atoms with Gasteiger partial charge >= 0.3 is 0 Å². The third-order valence-corrected chi connectivity index (χ3v) is 3.03. The van der Waals surface area contributed by atoms with Gasteiger partial charge in [-0.25, -0.2) is 14.6 Å². The molecule has 0 radical (unpaired) electrons. The summed E-state index contributed by atoms with van der Waals surface area (Å²) in [4.78, 5) is 7.96. The average Bonchev–Trinajstić information content (AvgIpc) is 2.48. The van der Waals surface area contributed by atoms with Crippen LogP contribution >= 0.6 is 15.9 Å². The molecule has 78 valence electrons. The number of aryl methyl sites for hydroxylation is 1. The van der Waals surface area contributed by atoms with Crippen LogP contribution in [-0.4, -0.2) is 19.7 Å². The first kappa shape index (κ1) is 10.1. The molecule has 2 aromatic rings. The minimum absolute atomic E-state index is 0.556. The van der Waals surface area contributed by atoms with E-state index in [9.17, 15) is 0 Å². The van der Waals surface area contributed by atoms with Crippen molar-refractivity contribution < 1.29 is 0 Å². The van der Waals surface area contributed by atoms with Crippen LogP contribution in [0.25, 0.3) is 0 Å². The van der Waals surface area contributed by atoms with E-state index in [4.69, 9.17) is 5.73 Å². The smallest absolute Gasteiger partial charge is 0.136 e. The molecule has 0 bridgehead atoms. The minimum atomic E-state index is 0.556. The molecule has 2 rings (SSSR count). The third-order valence-electron chi connectivity index (χ3n) is 2.05. The second-order valence-electron chi connectivity index (χ2n) is 3.14. The molecule has 0 spiro atoms. The van der Waals surface area contributed by atoms with E-state index in [0.29, 0.717) is 12.4 Å². The fourth-order valence-corrected chi connectivity index (χ4v) is 1.55. The predicted molar refractivity (Wildman–Crippen MR) is 60.2 cm³/mol. The predicted octanol–water partition coefficient (Wildman–Crippen LogP) is 1.37. The molecule has 0 saturated heterocycles. The Morgan fingerprint density at radius 1 is 1.53 bits per heavy atom. The maximum Gasteiger partial charge on any atom is 0.136 e. The van der Waals surface area contributed by atoms with Crippen molar-refractivity contribution in [2.24, 2.45) is 0 Å². The maximum absolute atomic E-state index is 5.86. The number of aromatic nitrogens is 4. The summed E-state index contributed by atoms with van der Waals surface area (Å²) in [7, 11) is 0. The molecular formula is C9H10BrN5. The highest BCUT2D eigenvalue weighted by Gasteiger charge is 2.09. The second kappa shape index (κ2) is 3.98. The Morgan fingerprint density at radius 2 is 2.33 bits per heavy atom. The van der Waals surface area contributed by atoms with Crippen LogP contribution in [-0.2, 0) is 6.54 Å². The first-order valence-corrected chi connectivity index (χ1v) is 5.21. The zero-order chi connectivity index (χ0) is 10.8. The zero-order valence-electron chi connectivity index (χ0n) is 8.18. The molecular weight excluding hydrogens is 258 g/mol. The molecule has 0 amide bonds. The number of rotatable bonds is 2. The molecule has 0 atom stereocenters. The maximum atomic E-state index is 5.86. The quantitative estimate of drug-likeness (QED) is 0.893. The van der Waals surface area contributed by atoms with Gasteiger partial charge in [0.1, 0.15) is 12.1 Å². The lowest BCUT2D eigenvalue weighted by molar-refractivity contribution is 0.673. The summed E-state index contributed by atoms with van der Waals surface area (Å²) in [6, 6.07) is 1.84. The Morgan fingerprint density at radius 3 is 2.87 bits per heavy atom. The molecule has 15 heavy (non-hydrogen) atoms. The summed E-state index contributed by atoms with van der Waals surface area (Å²) in [6.07, 6.45) is 3.21. The van der Waals surface area contributed by atoms with Gasteiger partial charge < -0.3 is 5.73 Å². The standard InChI is InChI=1S/C9H10BrN5/c1-6-8(10)9(11)15(14-6)4-7-2-3-12-5-13-7/h2-3,5H,4,11H2,1H3. The Hall–Kier alpha value is -1.43. The number of nitrogens with zero attached hydrogens (tertiary/aromatic N) is 4. The number of hydrogen-bond donors (Lipinski definition) is 1. The summed E-state index contributed by atoms with van der Waals surface area (Å²) in [5, 5.41) is 4.29. The number of nitrogen functional groups attached to an aromatic ring is 1. The fourth-order valence-electron chi connectivity index (χ4n) is 1.26. The normalized spacial score (nSPS) is 10.5. The topological polar surface area (TPSA) is 69.6 Å². The van der Waals surface area contributed by atoms with Gasteiger partial charge in [-0.2, -0.15) is 5.10 Å². The number of anilines is 1. The van der Waals surface area contributed by atoms with Gasteiger partial charge in [0.05, 0.1) is 22.4 Å². The van der Waals surface area contributed by atoms with Crippen LogP contribution in [0.5, 0.6) is 0 Å². The lowest BCUT2D eigenvalue weighted by Crippen LogP contribution is -2.07. The molecule has 2 N–H and O–H groups in total. The van der Waals surface area contributed by atoms with Crippen LogP contribution < -0.4 is 5.73 Å². The molecule has 0 fully saturated rings. The van der Waals surface area contributed by atoms with Gasteiger partial charge in [0.2, 0.25) is 0 Å². The van der Waals surface area contributed by atoms with Gasteiger partial charge in [0.25, 0.3) is 0 Å². The summed E-state index contributed by atoms with van der Waals surface area (Å²) < 4.78 is 2.55. The zero-order valence-corrected chi connectivity index (χ0v) is 9.77. The Balaban J connectivity index is 2.29. The number of halogens is 1. The molecule has 6 heteroatoms. The van der Waals surface area contributed by atoms with Crippen LogP contribution in [0.15, 0.2) is 23.1 Å². The molecule has 5 nitrogen and oxygen atoms in total. The van der Waals surface area contributed by atoms with Crippen molar-refractivity contribution in [3.05, 3.63) is 34.5 Å². The average molecular weight is 268 g/mol. The highest BCUT2D eigenvalue weighted by molar-refractivity contribution is 9.10. The van der Waals surface area contributed by atoms with Crippen molar-refractivity contribution in [1.82, 2.24) is 19.7 Å². The molecule has 0 aromatic carbocycles. The van der Waals surface area contributed by atoms with Gasteiger partial charge in [0.15, 0.2) is 0 Å². The van der Waals surface area contributed by atoms with Gasteiger partial charge in [-0.1, -0.05) is 0 Å². The van der Waals surface area contributed by atoms with Crippen molar-refractivity contribution in [2.75, 3.05) is 5.73 Å². The monoisotopic (exact) mass is 267 g/mol. The van der Waals surface area contributed by atoms with Crippen LogP contribution in [0.4, 0.5) is 5.82 Å².